The zero-order valence-electron chi connectivity index (χ0n) is 10.7. The van der Waals surface area contributed by atoms with Gasteiger partial charge in [-0.25, -0.2) is 0 Å². The average Bonchev–Trinajstić information content (AvgIpc) is 2.25. The van der Waals surface area contributed by atoms with Gasteiger partial charge in [-0.2, -0.15) is 0 Å². The van der Waals surface area contributed by atoms with Crippen LogP contribution in [0, 0.1) is 13.8 Å². The molecule has 1 rings (SSSR count). The predicted octanol–water partition coefficient (Wildman–Crippen LogP) is 3.92. The lowest BCUT2D eigenvalue weighted by atomic mass is 9.97. The van der Waals surface area contributed by atoms with Gasteiger partial charge in [0.2, 0.25) is 0 Å². The van der Waals surface area contributed by atoms with Gasteiger partial charge in [-0.1, -0.05) is 36.8 Å². The smallest absolute Gasteiger partial charge is 0.0357 e. The molecule has 1 atom stereocenters. The molecule has 88 valence electrons. The van der Waals surface area contributed by atoms with Crippen LogP contribution >= 0.6 is 0 Å². The second kappa shape index (κ2) is 6.49. The van der Waals surface area contributed by atoms with E-state index in [1.807, 2.05) is 6.08 Å². The molecule has 0 aliphatic carbocycles. The van der Waals surface area contributed by atoms with Crippen molar-refractivity contribution < 1.29 is 0 Å². The Morgan fingerprint density at radius 1 is 1.38 bits per heavy atom. The molecule has 0 aliphatic heterocycles. The number of hydrogen-bond donors (Lipinski definition) is 1. The van der Waals surface area contributed by atoms with Crippen molar-refractivity contribution >= 4 is 0 Å². The van der Waals surface area contributed by atoms with Crippen molar-refractivity contribution in [2.45, 2.75) is 39.7 Å². The van der Waals surface area contributed by atoms with Crippen LogP contribution in [0.1, 0.15) is 42.5 Å². The quantitative estimate of drug-likeness (QED) is 0.712. The Bertz CT molecular complexity index is 341. The minimum Gasteiger partial charge on any atom is -0.310 e. The van der Waals surface area contributed by atoms with Crippen molar-refractivity contribution in [2.75, 3.05) is 6.54 Å². The fraction of sp³-hybridized carbons (Fsp3) is 0.467. The lowest BCUT2D eigenvalue weighted by Crippen LogP contribution is -2.22. The van der Waals surface area contributed by atoms with Crippen LogP contribution in [0.3, 0.4) is 0 Å². The normalized spacial score (nSPS) is 12.4. The van der Waals surface area contributed by atoms with Crippen LogP contribution in [0.4, 0.5) is 0 Å². The van der Waals surface area contributed by atoms with Crippen molar-refractivity contribution in [1.29, 1.82) is 0 Å². The summed E-state index contributed by atoms with van der Waals surface area (Å²) in [5, 5.41) is 3.58. The summed E-state index contributed by atoms with van der Waals surface area (Å²) in [7, 11) is 0. The SMILES string of the molecule is C=CCC(NCCC)c1ccc(C)cc1C. The number of benzene rings is 1. The van der Waals surface area contributed by atoms with Gasteiger partial charge >= 0.3 is 0 Å². The Balaban J connectivity index is 2.86. The molecule has 0 radical (unpaired) electrons. The molecular weight excluding hydrogens is 194 g/mol. The van der Waals surface area contributed by atoms with E-state index in [1.54, 1.807) is 0 Å². The summed E-state index contributed by atoms with van der Waals surface area (Å²) in [6, 6.07) is 7.09. The van der Waals surface area contributed by atoms with Gasteiger partial charge in [-0.3, -0.25) is 0 Å². The highest BCUT2D eigenvalue weighted by Gasteiger charge is 2.10. The second-order valence-electron chi connectivity index (χ2n) is 4.39. The molecule has 1 unspecified atom stereocenters. The van der Waals surface area contributed by atoms with Crippen LogP contribution in [-0.4, -0.2) is 6.54 Å². The molecule has 0 spiro atoms. The second-order valence-corrected chi connectivity index (χ2v) is 4.39. The highest BCUT2D eigenvalue weighted by atomic mass is 14.9. The van der Waals surface area contributed by atoms with Crippen LogP contribution < -0.4 is 5.32 Å². The molecule has 0 bridgehead atoms. The third-order valence-corrected chi connectivity index (χ3v) is 2.84. The number of nitrogens with one attached hydrogen (secondary N) is 1. The molecule has 0 heterocycles. The van der Waals surface area contributed by atoms with Crippen molar-refractivity contribution in [3.8, 4) is 0 Å². The zero-order valence-corrected chi connectivity index (χ0v) is 10.7. The maximum atomic E-state index is 3.84. The lowest BCUT2D eigenvalue weighted by Gasteiger charge is -2.19. The molecule has 0 amide bonds. The maximum absolute atomic E-state index is 3.84. The topological polar surface area (TPSA) is 12.0 Å². The molecular formula is C15H23N. The molecule has 0 aromatic heterocycles. The summed E-state index contributed by atoms with van der Waals surface area (Å²) >= 11 is 0. The Kier molecular flexibility index (Phi) is 5.27. The summed E-state index contributed by atoms with van der Waals surface area (Å²) in [6.45, 7) is 11.4. The zero-order chi connectivity index (χ0) is 12.0. The third-order valence-electron chi connectivity index (χ3n) is 2.84. The molecule has 0 saturated heterocycles. The van der Waals surface area contributed by atoms with E-state index in [9.17, 15) is 0 Å². The van der Waals surface area contributed by atoms with Crippen molar-refractivity contribution in [1.82, 2.24) is 5.32 Å². The number of hydrogen-bond acceptors (Lipinski definition) is 1. The van der Waals surface area contributed by atoms with Crippen LogP contribution in [0.25, 0.3) is 0 Å². The standard InChI is InChI=1S/C15H23N/c1-5-7-15(16-10-6-2)14-9-8-12(3)11-13(14)4/h5,8-9,11,15-16H,1,6-7,10H2,2-4H3. The van der Waals surface area contributed by atoms with Gasteiger partial charge in [-0.05, 0) is 44.4 Å². The predicted molar refractivity (Wildman–Crippen MR) is 71.8 cm³/mol. The summed E-state index contributed by atoms with van der Waals surface area (Å²) in [6.07, 6.45) is 4.15. The largest absolute Gasteiger partial charge is 0.310 e. The van der Waals surface area contributed by atoms with Crippen LogP contribution in [0.5, 0.6) is 0 Å². The van der Waals surface area contributed by atoms with Gasteiger partial charge in [0, 0.05) is 6.04 Å². The first-order valence-corrected chi connectivity index (χ1v) is 6.10. The first kappa shape index (κ1) is 13.0. The van der Waals surface area contributed by atoms with Gasteiger partial charge in [-0.15, -0.1) is 6.58 Å². The van der Waals surface area contributed by atoms with Crippen molar-refractivity contribution in [3.05, 3.63) is 47.5 Å². The molecule has 1 N–H and O–H groups in total. The van der Waals surface area contributed by atoms with Gasteiger partial charge in [0.25, 0.3) is 0 Å². The van der Waals surface area contributed by atoms with Crippen molar-refractivity contribution in [2.24, 2.45) is 0 Å². The van der Waals surface area contributed by atoms with Crippen LogP contribution in [0.2, 0.25) is 0 Å². The van der Waals surface area contributed by atoms with E-state index in [1.165, 1.54) is 23.1 Å². The third kappa shape index (κ3) is 3.49. The van der Waals surface area contributed by atoms with Gasteiger partial charge in [0.15, 0.2) is 0 Å². The molecule has 1 aromatic rings. The summed E-state index contributed by atoms with van der Waals surface area (Å²) in [5.41, 5.74) is 4.10. The minimum atomic E-state index is 0.415. The van der Waals surface area contributed by atoms with E-state index in [-0.39, 0.29) is 0 Å². The Morgan fingerprint density at radius 2 is 2.12 bits per heavy atom. The van der Waals surface area contributed by atoms with E-state index >= 15 is 0 Å². The molecule has 1 nitrogen and oxygen atoms in total. The molecule has 0 fully saturated rings. The number of aryl methyl sites for hydroxylation is 2. The average molecular weight is 217 g/mol. The molecule has 16 heavy (non-hydrogen) atoms. The van der Waals surface area contributed by atoms with E-state index in [2.05, 4.69) is 50.9 Å². The van der Waals surface area contributed by atoms with Crippen molar-refractivity contribution in [3.63, 3.8) is 0 Å². The minimum absolute atomic E-state index is 0.415. The highest BCUT2D eigenvalue weighted by molar-refractivity contribution is 5.33. The Morgan fingerprint density at radius 3 is 2.69 bits per heavy atom. The fourth-order valence-corrected chi connectivity index (χ4v) is 2.02. The van der Waals surface area contributed by atoms with E-state index < -0.39 is 0 Å². The Hall–Kier alpha value is -1.08. The van der Waals surface area contributed by atoms with Gasteiger partial charge in [0.1, 0.15) is 0 Å². The van der Waals surface area contributed by atoms with E-state index in [0.717, 1.165) is 13.0 Å². The van der Waals surface area contributed by atoms with Gasteiger partial charge < -0.3 is 5.32 Å². The van der Waals surface area contributed by atoms with Crippen LogP contribution in [-0.2, 0) is 0 Å². The van der Waals surface area contributed by atoms with Crippen LogP contribution in [0.15, 0.2) is 30.9 Å². The van der Waals surface area contributed by atoms with E-state index in [4.69, 9.17) is 0 Å². The molecule has 1 heteroatoms. The molecule has 0 aliphatic rings. The maximum Gasteiger partial charge on any atom is 0.0357 e. The molecule has 0 saturated carbocycles. The molecule has 1 aromatic carbocycles. The first-order valence-electron chi connectivity index (χ1n) is 6.10. The fourth-order valence-electron chi connectivity index (χ4n) is 2.02. The Labute approximate surface area is 99.6 Å². The summed E-state index contributed by atoms with van der Waals surface area (Å²) in [4.78, 5) is 0. The summed E-state index contributed by atoms with van der Waals surface area (Å²) in [5.74, 6) is 0. The monoisotopic (exact) mass is 217 g/mol. The van der Waals surface area contributed by atoms with Gasteiger partial charge in [0.05, 0.1) is 0 Å². The lowest BCUT2D eigenvalue weighted by molar-refractivity contribution is 0.535. The van der Waals surface area contributed by atoms with E-state index in [0.29, 0.717) is 6.04 Å². The number of rotatable bonds is 6. The summed E-state index contributed by atoms with van der Waals surface area (Å²) < 4.78 is 0. The highest BCUT2D eigenvalue weighted by Crippen LogP contribution is 2.22. The first-order chi connectivity index (χ1) is 7.69.